The standard InChI is InChI=1S/C14H19FN2O2/c1-14(2,3)19-13(18)17-7-5-4-6-11-8-12(15)10-16-9-11/h4,6,8-10H,5,7H2,1-3H3,(H,17,18). The van der Waals surface area contributed by atoms with Crippen LogP contribution in [0, 0.1) is 5.82 Å². The Balaban J connectivity index is 2.26. The fourth-order valence-electron chi connectivity index (χ4n) is 1.31. The van der Waals surface area contributed by atoms with Gasteiger partial charge in [0.05, 0.1) is 6.20 Å². The zero-order valence-electron chi connectivity index (χ0n) is 11.4. The second-order valence-corrected chi connectivity index (χ2v) is 5.06. The van der Waals surface area contributed by atoms with Crippen LogP contribution in [0.2, 0.25) is 0 Å². The maximum atomic E-state index is 12.8. The number of nitrogens with one attached hydrogen (secondary N) is 1. The maximum Gasteiger partial charge on any atom is 0.407 e. The number of carbonyl (C=O) groups is 1. The molecule has 1 N–H and O–H groups in total. The van der Waals surface area contributed by atoms with E-state index in [1.165, 1.54) is 6.07 Å². The van der Waals surface area contributed by atoms with Crippen molar-refractivity contribution < 1.29 is 13.9 Å². The van der Waals surface area contributed by atoms with E-state index in [9.17, 15) is 9.18 Å². The molecule has 0 bridgehead atoms. The van der Waals surface area contributed by atoms with E-state index in [4.69, 9.17) is 4.74 Å². The van der Waals surface area contributed by atoms with Crippen molar-refractivity contribution in [1.29, 1.82) is 0 Å². The minimum Gasteiger partial charge on any atom is -0.444 e. The molecule has 1 rings (SSSR count). The van der Waals surface area contributed by atoms with Crippen molar-refractivity contribution >= 4 is 12.2 Å². The number of ether oxygens (including phenoxy) is 1. The SMILES string of the molecule is CC(C)(C)OC(=O)NCCC=Cc1cncc(F)c1. The summed E-state index contributed by atoms with van der Waals surface area (Å²) in [6.45, 7) is 5.89. The van der Waals surface area contributed by atoms with Gasteiger partial charge in [0.25, 0.3) is 0 Å². The van der Waals surface area contributed by atoms with Crippen molar-refractivity contribution in [3.8, 4) is 0 Å². The molecule has 4 nitrogen and oxygen atoms in total. The summed E-state index contributed by atoms with van der Waals surface area (Å²) in [6, 6.07) is 1.39. The van der Waals surface area contributed by atoms with E-state index < -0.39 is 11.7 Å². The molecule has 0 unspecified atom stereocenters. The first-order valence-electron chi connectivity index (χ1n) is 6.11. The van der Waals surface area contributed by atoms with E-state index in [0.29, 0.717) is 18.5 Å². The minimum absolute atomic E-state index is 0.367. The molecule has 0 fully saturated rings. The van der Waals surface area contributed by atoms with E-state index in [1.807, 2.05) is 26.8 Å². The fraction of sp³-hybridized carbons (Fsp3) is 0.429. The molecule has 0 radical (unpaired) electrons. The van der Waals surface area contributed by atoms with Crippen LogP contribution in [-0.2, 0) is 4.74 Å². The Morgan fingerprint density at radius 3 is 2.84 bits per heavy atom. The van der Waals surface area contributed by atoms with Crippen LogP contribution in [0.25, 0.3) is 6.08 Å². The lowest BCUT2D eigenvalue weighted by atomic mass is 10.2. The van der Waals surface area contributed by atoms with Gasteiger partial charge in [0.15, 0.2) is 0 Å². The van der Waals surface area contributed by atoms with Crippen molar-refractivity contribution in [3.63, 3.8) is 0 Å². The number of nitrogens with zero attached hydrogens (tertiary/aromatic N) is 1. The number of pyridine rings is 1. The van der Waals surface area contributed by atoms with Crippen molar-refractivity contribution in [2.24, 2.45) is 0 Å². The highest BCUT2D eigenvalue weighted by molar-refractivity contribution is 5.67. The topological polar surface area (TPSA) is 51.2 Å². The predicted molar refractivity (Wildman–Crippen MR) is 72.1 cm³/mol. The first-order chi connectivity index (χ1) is 8.87. The van der Waals surface area contributed by atoms with Crippen LogP contribution < -0.4 is 5.32 Å². The van der Waals surface area contributed by atoms with E-state index in [0.717, 1.165) is 6.20 Å². The van der Waals surface area contributed by atoms with Gasteiger partial charge in [-0.2, -0.15) is 0 Å². The molecule has 5 heteroatoms. The first-order valence-corrected chi connectivity index (χ1v) is 6.11. The Morgan fingerprint density at radius 1 is 1.47 bits per heavy atom. The van der Waals surface area contributed by atoms with E-state index in [2.05, 4.69) is 10.3 Å². The van der Waals surface area contributed by atoms with Gasteiger partial charge in [-0.3, -0.25) is 4.98 Å². The van der Waals surface area contributed by atoms with Crippen LogP contribution in [0.15, 0.2) is 24.5 Å². The summed E-state index contributed by atoms with van der Waals surface area (Å²) in [4.78, 5) is 15.1. The van der Waals surface area contributed by atoms with Crippen LogP contribution >= 0.6 is 0 Å². The smallest absolute Gasteiger partial charge is 0.407 e. The molecular weight excluding hydrogens is 247 g/mol. The van der Waals surface area contributed by atoms with Gasteiger partial charge >= 0.3 is 6.09 Å². The zero-order valence-corrected chi connectivity index (χ0v) is 11.4. The van der Waals surface area contributed by atoms with Gasteiger partial charge in [-0.1, -0.05) is 12.2 Å². The van der Waals surface area contributed by atoms with E-state index in [1.54, 1.807) is 12.3 Å². The largest absolute Gasteiger partial charge is 0.444 e. The van der Waals surface area contributed by atoms with E-state index in [-0.39, 0.29) is 5.82 Å². The average Bonchev–Trinajstić information content (AvgIpc) is 2.26. The highest BCUT2D eigenvalue weighted by atomic mass is 19.1. The lowest BCUT2D eigenvalue weighted by Gasteiger charge is -2.19. The quantitative estimate of drug-likeness (QED) is 0.852. The Kier molecular flexibility index (Phi) is 5.48. The summed E-state index contributed by atoms with van der Waals surface area (Å²) in [5.41, 5.74) is 0.199. The number of rotatable bonds is 4. The lowest BCUT2D eigenvalue weighted by Crippen LogP contribution is -2.32. The molecule has 1 amide bonds. The molecular formula is C14H19FN2O2. The number of aromatic nitrogens is 1. The van der Waals surface area contributed by atoms with Crippen molar-refractivity contribution in [1.82, 2.24) is 10.3 Å². The highest BCUT2D eigenvalue weighted by Gasteiger charge is 2.14. The molecule has 0 aromatic carbocycles. The van der Waals surface area contributed by atoms with Gasteiger partial charge in [-0.05, 0) is 38.8 Å². The molecule has 19 heavy (non-hydrogen) atoms. The average molecular weight is 266 g/mol. The third kappa shape index (κ3) is 7.18. The molecule has 0 aliphatic carbocycles. The van der Waals surface area contributed by atoms with Gasteiger partial charge in [0, 0.05) is 12.7 Å². The van der Waals surface area contributed by atoms with E-state index >= 15 is 0 Å². The zero-order chi connectivity index (χ0) is 14.3. The Morgan fingerprint density at radius 2 is 2.21 bits per heavy atom. The fourth-order valence-corrected chi connectivity index (χ4v) is 1.31. The van der Waals surface area contributed by atoms with Crippen LogP contribution in [-0.4, -0.2) is 23.2 Å². The lowest BCUT2D eigenvalue weighted by molar-refractivity contribution is 0.0529. The number of alkyl carbamates (subject to hydrolysis) is 1. The number of hydrogen-bond acceptors (Lipinski definition) is 3. The molecule has 0 saturated heterocycles. The third-order valence-electron chi connectivity index (χ3n) is 2.02. The summed E-state index contributed by atoms with van der Waals surface area (Å²) >= 11 is 0. The van der Waals surface area contributed by atoms with Crippen LogP contribution in [0.3, 0.4) is 0 Å². The Hall–Kier alpha value is -1.91. The molecule has 104 valence electrons. The molecule has 1 aromatic heterocycles. The third-order valence-corrected chi connectivity index (χ3v) is 2.02. The summed E-state index contributed by atoms with van der Waals surface area (Å²) < 4.78 is 17.9. The monoisotopic (exact) mass is 266 g/mol. The maximum absolute atomic E-state index is 12.8. The van der Waals surface area contributed by atoms with Gasteiger partial charge in [-0.25, -0.2) is 9.18 Å². The van der Waals surface area contributed by atoms with Gasteiger partial charge < -0.3 is 10.1 Å². The van der Waals surface area contributed by atoms with Crippen molar-refractivity contribution in [2.75, 3.05) is 6.54 Å². The van der Waals surface area contributed by atoms with Crippen LogP contribution in [0.5, 0.6) is 0 Å². The Bertz CT molecular complexity index is 453. The molecule has 0 atom stereocenters. The minimum atomic E-state index is -0.493. The summed E-state index contributed by atoms with van der Waals surface area (Å²) in [6.07, 6.45) is 6.52. The summed E-state index contributed by atoms with van der Waals surface area (Å²) in [5.74, 6) is -0.367. The van der Waals surface area contributed by atoms with Crippen molar-refractivity contribution in [3.05, 3.63) is 35.9 Å². The van der Waals surface area contributed by atoms with Crippen LogP contribution in [0.4, 0.5) is 9.18 Å². The Labute approximate surface area is 112 Å². The molecule has 0 aliphatic rings. The second kappa shape index (κ2) is 6.87. The highest BCUT2D eigenvalue weighted by Crippen LogP contribution is 2.06. The molecule has 1 heterocycles. The van der Waals surface area contributed by atoms with Gasteiger partial charge in [-0.15, -0.1) is 0 Å². The predicted octanol–water partition coefficient (Wildman–Crippen LogP) is 3.15. The van der Waals surface area contributed by atoms with Gasteiger partial charge in [0.2, 0.25) is 0 Å². The molecule has 1 aromatic rings. The number of carbonyl (C=O) groups excluding carboxylic acids is 1. The second-order valence-electron chi connectivity index (χ2n) is 5.06. The number of halogens is 1. The number of amides is 1. The molecule has 0 saturated carbocycles. The summed E-state index contributed by atoms with van der Waals surface area (Å²) in [7, 11) is 0. The molecule has 0 aliphatic heterocycles. The number of hydrogen-bond donors (Lipinski definition) is 1. The van der Waals surface area contributed by atoms with Gasteiger partial charge in [0.1, 0.15) is 11.4 Å². The first kappa shape index (κ1) is 15.1. The molecule has 0 spiro atoms. The van der Waals surface area contributed by atoms with Crippen LogP contribution in [0.1, 0.15) is 32.8 Å². The normalized spacial score (nSPS) is 11.6. The summed E-state index contributed by atoms with van der Waals surface area (Å²) in [5, 5.41) is 2.63. The van der Waals surface area contributed by atoms with Crippen molar-refractivity contribution in [2.45, 2.75) is 32.8 Å².